The van der Waals surface area contributed by atoms with E-state index in [0.29, 0.717) is 0 Å². The summed E-state index contributed by atoms with van der Waals surface area (Å²) in [7, 11) is 0. The van der Waals surface area contributed by atoms with Gasteiger partial charge in [0.25, 0.3) is 0 Å². The van der Waals surface area contributed by atoms with E-state index in [-0.39, 0.29) is 13.5 Å². The van der Waals surface area contributed by atoms with Gasteiger partial charge in [0, 0.05) is 11.4 Å². The van der Waals surface area contributed by atoms with Gasteiger partial charge < -0.3 is 5.32 Å². The highest BCUT2D eigenvalue weighted by Gasteiger charge is 2.15. The third kappa shape index (κ3) is 4.60. The molecule has 134 valence electrons. The molecule has 1 aliphatic carbocycles. The molecule has 0 atom stereocenters. The molecule has 0 saturated carbocycles. The topological polar surface area (TPSA) is 12.0 Å². The van der Waals surface area contributed by atoms with E-state index < -0.39 is 0 Å². The number of hydrogen-bond donors (Lipinski definition) is 1. The quantitative estimate of drug-likeness (QED) is 0.361. The highest BCUT2D eigenvalue weighted by Crippen LogP contribution is 2.35. The molecule has 0 fully saturated rings. The maximum Gasteiger partial charge on any atom is 0.0384 e. The number of benzene rings is 4. The second-order valence-corrected chi connectivity index (χ2v) is 6.35. The predicted octanol–water partition coefficient (Wildman–Crippen LogP) is 6.80. The van der Waals surface area contributed by atoms with E-state index in [9.17, 15) is 0 Å². The molecule has 4 aromatic carbocycles. The molecule has 0 heterocycles. The largest absolute Gasteiger partial charge is 0.356 e. The lowest BCUT2D eigenvalue weighted by molar-refractivity contribution is 1.26. The van der Waals surface area contributed by atoms with Gasteiger partial charge in [-0.1, -0.05) is 84.9 Å². The standard InChI is InChI=1S/C13H10.C12H11N.H2S/c1-3-7-12-10(5-1)9-11-6-2-4-8-13(11)12;1-3-7-11(8-4-1)13-12-9-5-2-6-10-12;/h1-8H,9H2;1-10,13H;1H2. The first kappa shape index (κ1) is 18.8. The first-order valence-electron chi connectivity index (χ1n) is 8.93. The van der Waals surface area contributed by atoms with E-state index >= 15 is 0 Å². The summed E-state index contributed by atoms with van der Waals surface area (Å²) >= 11 is 0. The average Bonchev–Trinajstić information content (AvgIpc) is 3.09. The zero-order valence-corrected chi connectivity index (χ0v) is 16.1. The number of fused-ring (bicyclic) bond motifs is 3. The van der Waals surface area contributed by atoms with Crippen molar-refractivity contribution in [3.63, 3.8) is 0 Å². The molecule has 0 unspecified atom stereocenters. The van der Waals surface area contributed by atoms with Crippen LogP contribution in [0.1, 0.15) is 11.1 Å². The van der Waals surface area contributed by atoms with Crippen LogP contribution in [0.3, 0.4) is 0 Å². The van der Waals surface area contributed by atoms with Gasteiger partial charge in [-0.15, -0.1) is 0 Å². The number of anilines is 2. The summed E-state index contributed by atoms with van der Waals surface area (Å²) in [5.74, 6) is 0. The van der Waals surface area contributed by atoms with Crippen molar-refractivity contribution < 1.29 is 0 Å². The lowest BCUT2D eigenvalue weighted by atomic mass is 10.1. The molecule has 1 nitrogen and oxygen atoms in total. The Labute approximate surface area is 168 Å². The fourth-order valence-corrected chi connectivity index (χ4v) is 3.29. The Morgan fingerprint density at radius 2 is 0.815 bits per heavy atom. The van der Waals surface area contributed by atoms with E-state index in [1.807, 2.05) is 60.7 Å². The predicted molar refractivity (Wildman–Crippen MR) is 121 cm³/mol. The van der Waals surface area contributed by atoms with Crippen LogP contribution < -0.4 is 5.32 Å². The molecule has 4 aromatic rings. The van der Waals surface area contributed by atoms with Crippen LogP contribution in [0.2, 0.25) is 0 Å². The molecule has 0 aromatic heterocycles. The normalized spacial score (nSPS) is 10.5. The van der Waals surface area contributed by atoms with Crippen molar-refractivity contribution >= 4 is 24.9 Å². The Morgan fingerprint density at radius 3 is 1.26 bits per heavy atom. The molecule has 1 aliphatic rings. The fourth-order valence-electron chi connectivity index (χ4n) is 3.29. The minimum atomic E-state index is 0. The number of hydrogen-bond acceptors (Lipinski definition) is 1. The number of nitrogens with one attached hydrogen (secondary N) is 1. The van der Waals surface area contributed by atoms with Gasteiger partial charge in [0.15, 0.2) is 0 Å². The zero-order valence-electron chi connectivity index (χ0n) is 15.1. The zero-order chi connectivity index (χ0) is 17.6. The van der Waals surface area contributed by atoms with Crippen molar-refractivity contribution in [2.75, 3.05) is 5.32 Å². The summed E-state index contributed by atoms with van der Waals surface area (Å²) < 4.78 is 0. The van der Waals surface area contributed by atoms with Crippen molar-refractivity contribution in [3.8, 4) is 11.1 Å². The molecule has 5 rings (SSSR count). The van der Waals surface area contributed by atoms with Gasteiger partial charge in [-0.2, -0.15) is 13.5 Å². The molecule has 0 saturated heterocycles. The molecular formula is C25H23NS. The van der Waals surface area contributed by atoms with Gasteiger partial charge in [-0.25, -0.2) is 0 Å². The molecule has 2 heteroatoms. The van der Waals surface area contributed by atoms with E-state index in [0.717, 1.165) is 17.8 Å². The van der Waals surface area contributed by atoms with E-state index in [1.54, 1.807) is 0 Å². The Morgan fingerprint density at radius 1 is 0.444 bits per heavy atom. The first-order valence-corrected chi connectivity index (χ1v) is 8.93. The molecular weight excluding hydrogens is 346 g/mol. The van der Waals surface area contributed by atoms with Crippen LogP contribution in [-0.4, -0.2) is 0 Å². The molecule has 27 heavy (non-hydrogen) atoms. The summed E-state index contributed by atoms with van der Waals surface area (Å²) in [5.41, 5.74) is 7.99. The van der Waals surface area contributed by atoms with E-state index in [2.05, 4.69) is 53.8 Å². The summed E-state index contributed by atoms with van der Waals surface area (Å²) in [6, 6.07) is 37.6. The van der Waals surface area contributed by atoms with Crippen molar-refractivity contribution in [2.45, 2.75) is 6.42 Å². The third-order valence-electron chi connectivity index (χ3n) is 4.54. The highest BCUT2D eigenvalue weighted by molar-refractivity contribution is 7.59. The lowest BCUT2D eigenvalue weighted by Gasteiger charge is -2.04. The van der Waals surface area contributed by atoms with Gasteiger partial charge in [0.2, 0.25) is 0 Å². The monoisotopic (exact) mass is 369 g/mol. The Kier molecular flexibility index (Phi) is 6.35. The highest BCUT2D eigenvalue weighted by atomic mass is 32.1. The maximum atomic E-state index is 3.30. The molecule has 0 bridgehead atoms. The van der Waals surface area contributed by atoms with Crippen molar-refractivity contribution in [1.82, 2.24) is 0 Å². The van der Waals surface area contributed by atoms with Crippen LogP contribution in [0.25, 0.3) is 11.1 Å². The Balaban J connectivity index is 0.000000150. The first-order chi connectivity index (χ1) is 12.9. The van der Waals surface area contributed by atoms with Crippen molar-refractivity contribution in [1.29, 1.82) is 0 Å². The molecule has 1 N–H and O–H groups in total. The number of rotatable bonds is 2. The summed E-state index contributed by atoms with van der Waals surface area (Å²) in [6.45, 7) is 0. The van der Waals surface area contributed by atoms with Crippen molar-refractivity contribution in [3.05, 3.63) is 120 Å². The van der Waals surface area contributed by atoms with Crippen LogP contribution in [-0.2, 0) is 6.42 Å². The Hall–Kier alpha value is -2.97. The molecule has 0 radical (unpaired) electrons. The van der Waals surface area contributed by atoms with Crippen molar-refractivity contribution in [2.24, 2.45) is 0 Å². The fraction of sp³-hybridized carbons (Fsp3) is 0.0400. The van der Waals surface area contributed by atoms with Gasteiger partial charge in [-0.05, 0) is 52.9 Å². The second kappa shape index (κ2) is 9.11. The van der Waals surface area contributed by atoms with E-state index in [1.165, 1.54) is 22.3 Å². The summed E-state index contributed by atoms with van der Waals surface area (Å²) in [6.07, 6.45) is 1.10. The summed E-state index contributed by atoms with van der Waals surface area (Å²) in [4.78, 5) is 0. The van der Waals surface area contributed by atoms with Gasteiger partial charge in [-0.3, -0.25) is 0 Å². The minimum Gasteiger partial charge on any atom is -0.356 e. The van der Waals surface area contributed by atoms with Gasteiger partial charge in [0.05, 0.1) is 0 Å². The van der Waals surface area contributed by atoms with Gasteiger partial charge >= 0.3 is 0 Å². The number of para-hydroxylation sites is 2. The summed E-state index contributed by atoms with van der Waals surface area (Å²) in [5, 5.41) is 3.30. The van der Waals surface area contributed by atoms with Crippen LogP contribution in [0.15, 0.2) is 109 Å². The van der Waals surface area contributed by atoms with Crippen LogP contribution in [0.5, 0.6) is 0 Å². The van der Waals surface area contributed by atoms with Crippen LogP contribution in [0, 0.1) is 0 Å². The lowest BCUT2D eigenvalue weighted by Crippen LogP contribution is -1.87. The second-order valence-electron chi connectivity index (χ2n) is 6.35. The van der Waals surface area contributed by atoms with Gasteiger partial charge in [0.1, 0.15) is 0 Å². The Bertz CT molecular complexity index is 900. The SMILES string of the molecule is S.c1ccc(Nc2ccccc2)cc1.c1ccc2c(c1)Cc1ccccc1-2. The maximum absolute atomic E-state index is 3.30. The van der Waals surface area contributed by atoms with E-state index in [4.69, 9.17) is 0 Å². The van der Waals surface area contributed by atoms with Crippen LogP contribution >= 0.6 is 13.5 Å². The molecule has 0 amide bonds. The molecule has 0 aliphatic heterocycles. The smallest absolute Gasteiger partial charge is 0.0384 e. The minimum absolute atomic E-state index is 0. The third-order valence-corrected chi connectivity index (χ3v) is 4.54. The van der Waals surface area contributed by atoms with Crippen LogP contribution in [0.4, 0.5) is 11.4 Å². The average molecular weight is 370 g/mol. The molecule has 0 spiro atoms.